The largest absolute Gasteiger partial charge is 0.442 e. The van der Waals surface area contributed by atoms with Crippen LogP contribution >= 0.6 is 0 Å². The van der Waals surface area contributed by atoms with Gasteiger partial charge in [0.25, 0.3) is 5.91 Å². The van der Waals surface area contributed by atoms with Crippen molar-refractivity contribution in [3.8, 4) is 0 Å². The van der Waals surface area contributed by atoms with Gasteiger partial charge in [-0.1, -0.05) is 0 Å². The van der Waals surface area contributed by atoms with E-state index in [9.17, 15) is 9.59 Å². The van der Waals surface area contributed by atoms with Crippen molar-refractivity contribution < 1.29 is 14.3 Å². The first-order valence-electron chi connectivity index (χ1n) is 11.4. The van der Waals surface area contributed by atoms with Crippen LogP contribution in [0, 0.1) is 13.8 Å². The highest BCUT2D eigenvalue weighted by molar-refractivity contribution is 5.96. The number of aromatic nitrogens is 3. The Morgan fingerprint density at radius 3 is 2.48 bits per heavy atom. The zero-order chi connectivity index (χ0) is 22.5. The van der Waals surface area contributed by atoms with Gasteiger partial charge in [0.15, 0.2) is 0 Å². The summed E-state index contributed by atoms with van der Waals surface area (Å²) in [4.78, 5) is 28.2. The SMILES string of the molecule is CCn1c(C)cc(C(=O)N(C2CC2)C2CCc3nn(C(=O)OC(C)(C)C)cc3C2)c1C. The molecule has 168 valence electrons. The summed E-state index contributed by atoms with van der Waals surface area (Å²) in [6.45, 7) is 12.6. The number of carbonyl (C=O) groups is 2. The third-order valence-electron chi connectivity index (χ3n) is 6.32. The number of hydrogen-bond donors (Lipinski definition) is 0. The molecule has 1 fully saturated rings. The van der Waals surface area contributed by atoms with Crippen LogP contribution in [-0.2, 0) is 24.1 Å². The summed E-state index contributed by atoms with van der Waals surface area (Å²) >= 11 is 0. The van der Waals surface area contributed by atoms with Crippen LogP contribution in [0.3, 0.4) is 0 Å². The predicted octanol–water partition coefficient (Wildman–Crippen LogP) is 4.27. The highest BCUT2D eigenvalue weighted by Crippen LogP contribution is 2.35. The summed E-state index contributed by atoms with van der Waals surface area (Å²) in [5, 5.41) is 4.47. The third-order valence-corrected chi connectivity index (χ3v) is 6.32. The van der Waals surface area contributed by atoms with Crippen LogP contribution in [0.15, 0.2) is 12.3 Å². The molecule has 0 saturated heterocycles. The molecule has 1 amide bonds. The van der Waals surface area contributed by atoms with E-state index in [1.54, 1.807) is 6.20 Å². The molecule has 0 aliphatic heterocycles. The van der Waals surface area contributed by atoms with Crippen molar-refractivity contribution >= 4 is 12.0 Å². The second kappa shape index (κ2) is 7.84. The van der Waals surface area contributed by atoms with E-state index < -0.39 is 11.7 Å². The minimum Gasteiger partial charge on any atom is -0.442 e. The zero-order valence-electron chi connectivity index (χ0n) is 19.6. The van der Waals surface area contributed by atoms with Crippen molar-refractivity contribution in [1.82, 2.24) is 19.2 Å². The van der Waals surface area contributed by atoms with Crippen LogP contribution in [0.4, 0.5) is 4.79 Å². The fourth-order valence-electron chi connectivity index (χ4n) is 4.75. The van der Waals surface area contributed by atoms with Crippen molar-refractivity contribution in [1.29, 1.82) is 0 Å². The van der Waals surface area contributed by atoms with Crippen LogP contribution in [-0.4, -0.2) is 48.9 Å². The molecule has 7 heteroatoms. The Kier molecular flexibility index (Phi) is 5.48. The molecule has 1 saturated carbocycles. The van der Waals surface area contributed by atoms with Crippen molar-refractivity contribution in [2.45, 2.75) is 97.9 Å². The van der Waals surface area contributed by atoms with Crippen molar-refractivity contribution in [3.63, 3.8) is 0 Å². The second-order valence-corrected chi connectivity index (χ2v) is 9.90. The van der Waals surface area contributed by atoms with Crippen LogP contribution < -0.4 is 0 Å². The molecule has 0 bridgehead atoms. The Labute approximate surface area is 184 Å². The second-order valence-electron chi connectivity index (χ2n) is 9.90. The molecular formula is C24H34N4O3. The normalized spacial score (nSPS) is 18.6. The maximum Gasteiger partial charge on any atom is 0.435 e. The van der Waals surface area contributed by atoms with Gasteiger partial charge in [0.1, 0.15) is 5.60 Å². The minimum atomic E-state index is -0.563. The molecule has 2 aliphatic carbocycles. The van der Waals surface area contributed by atoms with E-state index in [1.807, 2.05) is 33.8 Å². The minimum absolute atomic E-state index is 0.133. The van der Waals surface area contributed by atoms with Crippen LogP contribution in [0.1, 0.15) is 80.0 Å². The number of rotatable bonds is 4. The molecule has 4 rings (SSSR count). The topological polar surface area (TPSA) is 69.4 Å². The summed E-state index contributed by atoms with van der Waals surface area (Å²) in [6.07, 6.45) is 5.83. The van der Waals surface area contributed by atoms with E-state index in [0.717, 1.165) is 66.9 Å². The fraction of sp³-hybridized carbons (Fsp3) is 0.625. The molecular weight excluding hydrogens is 392 g/mol. The Morgan fingerprint density at radius 2 is 1.90 bits per heavy atom. The molecule has 1 atom stereocenters. The Morgan fingerprint density at radius 1 is 1.19 bits per heavy atom. The summed E-state index contributed by atoms with van der Waals surface area (Å²) in [5.74, 6) is 0.142. The van der Waals surface area contributed by atoms with Gasteiger partial charge in [-0.15, -0.1) is 0 Å². The van der Waals surface area contributed by atoms with Gasteiger partial charge >= 0.3 is 6.09 Å². The number of ether oxygens (including phenoxy) is 1. The van der Waals surface area contributed by atoms with E-state index in [4.69, 9.17) is 4.74 Å². The number of fused-ring (bicyclic) bond motifs is 1. The quantitative estimate of drug-likeness (QED) is 0.732. The maximum atomic E-state index is 13.6. The van der Waals surface area contributed by atoms with E-state index in [-0.39, 0.29) is 11.9 Å². The van der Waals surface area contributed by atoms with Gasteiger partial charge in [0, 0.05) is 36.2 Å². The lowest BCUT2D eigenvalue weighted by Gasteiger charge is -2.34. The van der Waals surface area contributed by atoms with Gasteiger partial charge in [-0.2, -0.15) is 9.78 Å². The van der Waals surface area contributed by atoms with E-state index in [1.165, 1.54) is 4.68 Å². The lowest BCUT2D eigenvalue weighted by molar-refractivity contribution is 0.0513. The van der Waals surface area contributed by atoms with Gasteiger partial charge in [-0.25, -0.2) is 4.79 Å². The van der Waals surface area contributed by atoms with E-state index >= 15 is 0 Å². The molecule has 2 aromatic rings. The number of aryl methyl sites for hydroxylation is 2. The lowest BCUT2D eigenvalue weighted by atomic mass is 9.91. The molecule has 1 unspecified atom stereocenters. The molecule has 2 heterocycles. The van der Waals surface area contributed by atoms with Gasteiger partial charge in [0.2, 0.25) is 0 Å². The first kappa shape index (κ1) is 21.7. The monoisotopic (exact) mass is 426 g/mol. The number of amides is 1. The standard InChI is InChI=1S/C24H34N4O3/c1-7-26-15(2)12-20(16(26)3)22(29)28(18-8-9-18)19-10-11-21-17(13-19)14-27(25-21)23(30)31-24(4,5)6/h12,14,18-19H,7-11,13H2,1-6H3. The molecule has 7 nitrogen and oxygen atoms in total. The highest BCUT2D eigenvalue weighted by Gasteiger charge is 2.40. The maximum absolute atomic E-state index is 13.6. The molecule has 0 aromatic carbocycles. The highest BCUT2D eigenvalue weighted by atomic mass is 16.6. The molecule has 0 N–H and O–H groups in total. The average Bonchev–Trinajstić information content (AvgIpc) is 3.34. The van der Waals surface area contributed by atoms with Gasteiger partial charge in [-0.05, 0) is 85.3 Å². The molecule has 2 aliphatic rings. The Balaban J connectivity index is 1.56. The van der Waals surface area contributed by atoms with Crippen molar-refractivity contribution in [3.05, 3.63) is 40.5 Å². The summed E-state index contributed by atoms with van der Waals surface area (Å²) in [6, 6.07) is 2.49. The summed E-state index contributed by atoms with van der Waals surface area (Å²) in [5.41, 5.74) is 4.41. The predicted molar refractivity (Wildman–Crippen MR) is 118 cm³/mol. The Bertz CT molecular complexity index is 1010. The number of nitrogens with zero attached hydrogens (tertiary/aromatic N) is 4. The van der Waals surface area contributed by atoms with Gasteiger partial charge < -0.3 is 14.2 Å². The zero-order valence-corrected chi connectivity index (χ0v) is 19.6. The molecule has 0 spiro atoms. The van der Waals surface area contributed by atoms with Crippen molar-refractivity contribution in [2.24, 2.45) is 0 Å². The smallest absolute Gasteiger partial charge is 0.435 e. The molecule has 31 heavy (non-hydrogen) atoms. The first-order chi connectivity index (χ1) is 14.6. The van der Waals surface area contributed by atoms with Gasteiger partial charge in [-0.3, -0.25) is 4.79 Å². The number of carbonyl (C=O) groups excluding carboxylic acids is 2. The van der Waals surface area contributed by atoms with Crippen LogP contribution in [0.5, 0.6) is 0 Å². The van der Waals surface area contributed by atoms with Crippen LogP contribution in [0.2, 0.25) is 0 Å². The van der Waals surface area contributed by atoms with Gasteiger partial charge in [0.05, 0.1) is 11.3 Å². The van der Waals surface area contributed by atoms with E-state index in [0.29, 0.717) is 6.04 Å². The Hall–Kier alpha value is -2.57. The fourth-order valence-corrected chi connectivity index (χ4v) is 4.75. The summed E-state index contributed by atoms with van der Waals surface area (Å²) in [7, 11) is 0. The number of hydrogen-bond acceptors (Lipinski definition) is 4. The van der Waals surface area contributed by atoms with Crippen molar-refractivity contribution in [2.75, 3.05) is 0 Å². The lowest BCUT2D eigenvalue weighted by Crippen LogP contribution is -2.45. The van der Waals surface area contributed by atoms with Crippen LogP contribution in [0.25, 0.3) is 0 Å². The third kappa shape index (κ3) is 4.27. The van der Waals surface area contributed by atoms with E-state index in [2.05, 4.69) is 28.4 Å². The summed E-state index contributed by atoms with van der Waals surface area (Å²) < 4.78 is 8.96. The molecule has 0 radical (unpaired) electrons. The average molecular weight is 427 g/mol. The molecule has 2 aromatic heterocycles. The first-order valence-corrected chi connectivity index (χ1v) is 11.4.